The second kappa shape index (κ2) is 5.93. The smallest absolute Gasteiger partial charge is 0.163 e. The van der Waals surface area contributed by atoms with Crippen molar-refractivity contribution in [3.8, 4) is 22.6 Å². The average molecular weight is 336 g/mol. The molecule has 5 rings (SSSR count). The highest BCUT2D eigenvalue weighted by molar-refractivity contribution is 6.19. The Labute approximate surface area is 148 Å². The summed E-state index contributed by atoms with van der Waals surface area (Å²) in [4.78, 5) is 26.1. The largest absolute Gasteiger partial charge is 0.261 e. The van der Waals surface area contributed by atoms with Crippen LogP contribution >= 0.6 is 0 Å². The minimum absolute atomic E-state index is 0.625. The predicted octanol–water partition coefficient (Wildman–Crippen LogP) is 3.70. The number of hydrogen-bond acceptors (Lipinski definition) is 6. The van der Waals surface area contributed by atoms with Gasteiger partial charge in [0.05, 0.1) is 17.4 Å². The van der Waals surface area contributed by atoms with Crippen LogP contribution in [0.3, 0.4) is 0 Å². The lowest BCUT2D eigenvalue weighted by Crippen LogP contribution is -1.96. The van der Waals surface area contributed by atoms with E-state index in [1.807, 2.05) is 24.3 Å². The average Bonchev–Trinajstić information content (AvgIpc) is 2.73. The van der Waals surface area contributed by atoms with Crippen LogP contribution in [0.15, 0.2) is 73.8 Å². The molecule has 0 aliphatic carbocycles. The lowest BCUT2D eigenvalue weighted by Gasteiger charge is -2.14. The quantitative estimate of drug-likeness (QED) is 0.457. The summed E-state index contributed by atoms with van der Waals surface area (Å²) in [5.74, 6) is 0.625. The van der Waals surface area contributed by atoms with E-state index in [1.54, 1.807) is 24.8 Å². The van der Waals surface area contributed by atoms with Crippen molar-refractivity contribution in [3.63, 3.8) is 0 Å². The normalized spacial score (nSPS) is 11.1. The zero-order chi connectivity index (χ0) is 17.3. The number of nitrogens with zero attached hydrogens (tertiary/aromatic N) is 6. The van der Waals surface area contributed by atoms with Gasteiger partial charge in [0.15, 0.2) is 5.82 Å². The minimum Gasteiger partial charge on any atom is -0.261 e. The van der Waals surface area contributed by atoms with Gasteiger partial charge in [-0.2, -0.15) is 0 Å². The van der Waals surface area contributed by atoms with Crippen molar-refractivity contribution in [1.82, 2.24) is 29.9 Å². The molecule has 0 aliphatic heterocycles. The predicted molar refractivity (Wildman–Crippen MR) is 99.1 cm³/mol. The van der Waals surface area contributed by atoms with E-state index in [9.17, 15) is 0 Å². The molecule has 5 aromatic rings. The van der Waals surface area contributed by atoms with Crippen LogP contribution in [-0.4, -0.2) is 29.9 Å². The molecule has 0 fully saturated rings. The number of hydrogen-bond donors (Lipinski definition) is 0. The Bertz CT molecular complexity index is 1070. The van der Waals surface area contributed by atoms with E-state index in [0.29, 0.717) is 5.82 Å². The summed E-state index contributed by atoms with van der Waals surface area (Å²) in [6.45, 7) is 0. The molecule has 0 atom stereocenters. The molecule has 3 heterocycles. The Morgan fingerprint density at radius 3 is 2.12 bits per heavy atom. The molecule has 0 radical (unpaired) electrons. The van der Waals surface area contributed by atoms with E-state index < -0.39 is 0 Å². The molecule has 2 aromatic carbocycles. The molecule has 26 heavy (non-hydrogen) atoms. The van der Waals surface area contributed by atoms with Gasteiger partial charge >= 0.3 is 0 Å². The van der Waals surface area contributed by atoms with Gasteiger partial charge in [-0.25, -0.2) is 15.0 Å². The zero-order valence-electron chi connectivity index (χ0n) is 13.6. The van der Waals surface area contributed by atoms with E-state index in [0.717, 1.165) is 38.5 Å². The monoisotopic (exact) mass is 336 g/mol. The topological polar surface area (TPSA) is 77.3 Å². The highest BCUT2D eigenvalue weighted by Crippen LogP contribution is 2.40. The Morgan fingerprint density at radius 1 is 0.577 bits per heavy atom. The Kier molecular flexibility index (Phi) is 3.31. The Balaban J connectivity index is 2.02. The number of benzene rings is 2. The second-order valence-corrected chi connectivity index (χ2v) is 5.75. The summed E-state index contributed by atoms with van der Waals surface area (Å²) < 4.78 is 0. The molecule has 122 valence electrons. The van der Waals surface area contributed by atoms with Crippen molar-refractivity contribution in [2.75, 3.05) is 0 Å². The molecule has 0 unspecified atom stereocenters. The molecule has 0 spiro atoms. The van der Waals surface area contributed by atoms with Crippen LogP contribution in [0.2, 0.25) is 0 Å². The van der Waals surface area contributed by atoms with Gasteiger partial charge in [-0.05, 0) is 16.8 Å². The van der Waals surface area contributed by atoms with Gasteiger partial charge < -0.3 is 0 Å². The molecular weight excluding hydrogens is 324 g/mol. The lowest BCUT2D eigenvalue weighted by atomic mass is 9.92. The van der Waals surface area contributed by atoms with Gasteiger partial charge in [-0.15, -0.1) is 0 Å². The fourth-order valence-corrected chi connectivity index (χ4v) is 3.29. The third-order valence-electron chi connectivity index (χ3n) is 4.32. The highest BCUT2D eigenvalue weighted by atomic mass is 15.0. The minimum atomic E-state index is 0.625. The molecule has 0 aliphatic rings. The van der Waals surface area contributed by atoms with Crippen LogP contribution in [0.1, 0.15) is 0 Å². The van der Waals surface area contributed by atoms with Gasteiger partial charge in [-0.3, -0.25) is 15.0 Å². The number of rotatable bonds is 2. The van der Waals surface area contributed by atoms with Gasteiger partial charge in [0.1, 0.15) is 12.7 Å². The number of fused-ring (bicyclic) bond motifs is 2. The maximum atomic E-state index is 4.65. The third-order valence-corrected chi connectivity index (χ3v) is 4.32. The van der Waals surface area contributed by atoms with Gasteiger partial charge in [-0.1, -0.05) is 30.3 Å². The summed E-state index contributed by atoms with van der Waals surface area (Å²) >= 11 is 0. The van der Waals surface area contributed by atoms with Gasteiger partial charge in [0.2, 0.25) is 0 Å². The van der Waals surface area contributed by atoms with E-state index in [-0.39, 0.29) is 0 Å². The van der Waals surface area contributed by atoms with Crippen molar-refractivity contribution < 1.29 is 0 Å². The highest BCUT2D eigenvalue weighted by Gasteiger charge is 2.19. The van der Waals surface area contributed by atoms with E-state index in [4.69, 9.17) is 0 Å². The third kappa shape index (κ3) is 2.20. The molecule has 6 nitrogen and oxygen atoms in total. The first-order chi connectivity index (χ1) is 12.9. The van der Waals surface area contributed by atoms with E-state index >= 15 is 0 Å². The SMILES string of the molecule is c1ccc2c(-c3cnccn3)c3ncccc3c(-c3ncncn3)c2c1. The van der Waals surface area contributed by atoms with Crippen molar-refractivity contribution in [2.24, 2.45) is 0 Å². The molecule has 3 aromatic heterocycles. The van der Waals surface area contributed by atoms with Crippen LogP contribution in [0, 0.1) is 0 Å². The fraction of sp³-hybridized carbons (Fsp3) is 0. The molecule has 0 N–H and O–H groups in total. The summed E-state index contributed by atoms with van der Waals surface area (Å²) in [5.41, 5.74) is 3.54. The first kappa shape index (κ1) is 14.5. The second-order valence-electron chi connectivity index (χ2n) is 5.75. The molecule has 6 heteroatoms. The van der Waals surface area contributed by atoms with Crippen molar-refractivity contribution in [3.05, 3.63) is 73.8 Å². The van der Waals surface area contributed by atoms with Crippen LogP contribution < -0.4 is 0 Å². The lowest BCUT2D eigenvalue weighted by molar-refractivity contribution is 1.06. The summed E-state index contributed by atoms with van der Waals surface area (Å²) in [7, 11) is 0. The fourth-order valence-electron chi connectivity index (χ4n) is 3.29. The Hall–Kier alpha value is -3.80. The van der Waals surface area contributed by atoms with Gasteiger partial charge in [0.25, 0.3) is 0 Å². The first-order valence-corrected chi connectivity index (χ1v) is 8.11. The number of aromatic nitrogens is 6. The maximum Gasteiger partial charge on any atom is 0.163 e. The van der Waals surface area contributed by atoms with Crippen molar-refractivity contribution >= 4 is 21.7 Å². The van der Waals surface area contributed by atoms with Crippen LogP contribution in [0.25, 0.3) is 44.3 Å². The zero-order valence-corrected chi connectivity index (χ0v) is 13.6. The Morgan fingerprint density at radius 2 is 1.35 bits per heavy atom. The molecule has 0 saturated carbocycles. The van der Waals surface area contributed by atoms with Gasteiger partial charge in [0, 0.05) is 35.1 Å². The first-order valence-electron chi connectivity index (χ1n) is 8.11. The van der Waals surface area contributed by atoms with E-state index in [2.05, 4.69) is 42.0 Å². The number of pyridine rings is 1. The summed E-state index contributed by atoms with van der Waals surface area (Å²) in [6.07, 6.45) is 9.93. The molecular formula is C20H12N6. The van der Waals surface area contributed by atoms with Crippen LogP contribution in [0.4, 0.5) is 0 Å². The standard InChI is InChI=1S/C20H12N6/c1-2-5-14-13(4-1)17(20-25-11-22-12-26-20)15-6-3-7-24-19(15)18(14)16-10-21-8-9-23-16/h1-12H. The van der Waals surface area contributed by atoms with E-state index in [1.165, 1.54) is 12.7 Å². The van der Waals surface area contributed by atoms with Crippen molar-refractivity contribution in [1.29, 1.82) is 0 Å². The van der Waals surface area contributed by atoms with Crippen LogP contribution in [0.5, 0.6) is 0 Å². The summed E-state index contributed by atoms with van der Waals surface area (Å²) in [5, 5.41) is 3.05. The molecule has 0 saturated heterocycles. The maximum absolute atomic E-state index is 4.65. The molecule has 0 bridgehead atoms. The van der Waals surface area contributed by atoms with Crippen molar-refractivity contribution in [2.45, 2.75) is 0 Å². The summed E-state index contributed by atoms with van der Waals surface area (Å²) in [6, 6.07) is 12.1. The molecule has 0 amide bonds. The van der Waals surface area contributed by atoms with Crippen LogP contribution in [-0.2, 0) is 0 Å².